The molecule has 1 aliphatic carbocycles. The molecule has 1 saturated carbocycles. The van der Waals surface area contributed by atoms with Crippen LogP contribution in [0.25, 0.3) is 10.8 Å². The maximum atomic E-state index is 12.4. The van der Waals surface area contributed by atoms with E-state index in [4.69, 9.17) is 0 Å². The fourth-order valence-corrected chi connectivity index (χ4v) is 3.96. The van der Waals surface area contributed by atoms with Crippen LogP contribution in [0.3, 0.4) is 0 Å². The number of fused-ring (bicyclic) bond motifs is 1. The van der Waals surface area contributed by atoms with Gasteiger partial charge in [-0.15, -0.1) is 0 Å². The Hall–Kier alpha value is -0.870. The lowest BCUT2D eigenvalue weighted by Gasteiger charge is -2.28. The molecule has 1 amide bonds. The number of hydrogen-bond acceptors (Lipinski definition) is 1. The van der Waals surface area contributed by atoms with Crippen molar-refractivity contribution in [1.29, 1.82) is 0 Å². The average Bonchev–Trinajstić information content (AvgIpc) is 2.49. The standard InChI is InChI=1S/C17H17Br2NO/c18-14-8-7-11-9-13(6-5-12(11)10-14)17(21)20-16-4-2-1-3-15(16)19/h5-10,15-16H,1-4H2,(H,20,21). The van der Waals surface area contributed by atoms with E-state index >= 15 is 0 Å². The van der Waals surface area contributed by atoms with Gasteiger partial charge in [-0.2, -0.15) is 0 Å². The molecule has 2 unspecified atom stereocenters. The van der Waals surface area contributed by atoms with E-state index in [-0.39, 0.29) is 11.9 Å². The molecule has 2 aromatic rings. The highest BCUT2D eigenvalue weighted by atomic mass is 79.9. The van der Waals surface area contributed by atoms with Gasteiger partial charge in [0.25, 0.3) is 5.91 Å². The van der Waals surface area contributed by atoms with Crippen molar-refractivity contribution < 1.29 is 4.79 Å². The molecule has 0 heterocycles. The van der Waals surface area contributed by atoms with E-state index in [0.29, 0.717) is 4.83 Å². The van der Waals surface area contributed by atoms with Crippen LogP contribution in [-0.4, -0.2) is 16.8 Å². The van der Waals surface area contributed by atoms with Crippen LogP contribution in [0.5, 0.6) is 0 Å². The number of carbonyl (C=O) groups excluding carboxylic acids is 1. The maximum Gasteiger partial charge on any atom is 0.251 e. The zero-order chi connectivity index (χ0) is 14.8. The van der Waals surface area contributed by atoms with Crippen LogP contribution >= 0.6 is 31.9 Å². The van der Waals surface area contributed by atoms with Gasteiger partial charge in [0.15, 0.2) is 0 Å². The molecule has 0 bridgehead atoms. The van der Waals surface area contributed by atoms with E-state index in [9.17, 15) is 4.79 Å². The summed E-state index contributed by atoms with van der Waals surface area (Å²) in [6.07, 6.45) is 4.63. The molecule has 2 atom stereocenters. The van der Waals surface area contributed by atoms with Gasteiger partial charge in [0, 0.05) is 20.9 Å². The Labute approximate surface area is 141 Å². The topological polar surface area (TPSA) is 29.1 Å². The summed E-state index contributed by atoms with van der Waals surface area (Å²) < 4.78 is 1.05. The summed E-state index contributed by atoms with van der Waals surface area (Å²) in [4.78, 5) is 12.8. The molecule has 2 nitrogen and oxygen atoms in total. The Balaban J connectivity index is 1.79. The number of halogens is 2. The summed E-state index contributed by atoms with van der Waals surface area (Å²) in [7, 11) is 0. The van der Waals surface area contributed by atoms with Crippen molar-refractivity contribution in [3.63, 3.8) is 0 Å². The summed E-state index contributed by atoms with van der Waals surface area (Å²) in [6, 6.07) is 12.2. The number of carbonyl (C=O) groups is 1. The Morgan fingerprint density at radius 2 is 1.76 bits per heavy atom. The lowest BCUT2D eigenvalue weighted by molar-refractivity contribution is 0.0930. The van der Waals surface area contributed by atoms with Crippen molar-refractivity contribution in [2.45, 2.75) is 36.6 Å². The summed E-state index contributed by atoms with van der Waals surface area (Å²) in [6.45, 7) is 0. The number of alkyl halides is 1. The molecule has 0 aromatic heterocycles. The molecule has 0 aliphatic heterocycles. The molecule has 110 valence electrons. The molecular formula is C17H17Br2NO. The number of nitrogens with one attached hydrogen (secondary N) is 1. The Kier molecular flexibility index (Phi) is 4.65. The SMILES string of the molecule is O=C(NC1CCCCC1Br)c1ccc2cc(Br)ccc2c1. The highest BCUT2D eigenvalue weighted by molar-refractivity contribution is 9.10. The second-order valence-corrected chi connectivity index (χ2v) is 7.68. The molecule has 0 spiro atoms. The molecular weight excluding hydrogens is 394 g/mol. The van der Waals surface area contributed by atoms with Crippen molar-refractivity contribution >= 4 is 48.5 Å². The number of rotatable bonds is 2. The Morgan fingerprint density at radius 1 is 1.05 bits per heavy atom. The third-order valence-electron chi connectivity index (χ3n) is 4.06. The smallest absolute Gasteiger partial charge is 0.251 e. The molecule has 0 saturated heterocycles. The zero-order valence-electron chi connectivity index (χ0n) is 11.6. The Bertz CT molecular complexity index is 671. The van der Waals surface area contributed by atoms with E-state index < -0.39 is 0 Å². The molecule has 1 N–H and O–H groups in total. The Morgan fingerprint density at radius 3 is 2.57 bits per heavy atom. The van der Waals surface area contributed by atoms with Gasteiger partial charge in [0.1, 0.15) is 0 Å². The predicted octanol–water partition coefficient (Wildman–Crippen LogP) is 5.04. The van der Waals surface area contributed by atoms with Gasteiger partial charge < -0.3 is 5.32 Å². The van der Waals surface area contributed by atoms with Gasteiger partial charge in [-0.05, 0) is 47.9 Å². The van der Waals surface area contributed by atoms with Crippen LogP contribution in [0.4, 0.5) is 0 Å². The van der Waals surface area contributed by atoms with Crippen LogP contribution in [-0.2, 0) is 0 Å². The molecule has 4 heteroatoms. The monoisotopic (exact) mass is 409 g/mol. The third-order valence-corrected chi connectivity index (χ3v) is 5.65. The maximum absolute atomic E-state index is 12.4. The summed E-state index contributed by atoms with van der Waals surface area (Å²) in [5.41, 5.74) is 0.732. The normalized spacial score (nSPS) is 22.2. The highest BCUT2D eigenvalue weighted by Crippen LogP contribution is 2.25. The summed E-state index contributed by atoms with van der Waals surface area (Å²) >= 11 is 7.15. The van der Waals surface area contributed by atoms with E-state index in [1.54, 1.807) is 0 Å². The molecule has 1 fully saturated rings. The summed E-state index contributed by atoms with van der Waals surface area (Å²) in [5.74, 6) is 0.0242. The fourth-order valence-electron chi connectivity index (χ4n) is 2.86. The molecule has 0 radical (unpaired) electrons. The second-order valence-electron chi connectivity index (χ2n) is 5.59. The lowest BCUT2D eigenvalue weighted by Crippen LogP contribution is -2.42. The predicted molar refractivity (Wildman–Crippen MR) is 94.1 cm³/mol. The van der Waals surface area contributed by atoms with Gasteiger partial charge in [0.2, 0.25) is 0 Å². The van der Waals surface area contributed by atoms with E-state index in [1.165, 1.54) is 12.8 Å². The van der Waals surface area contributed by atoms with Crippen molar-refractivity contribution in [2.24, 2.45) is 0 Å². The van der Waals surface area contributed by atoms with Gasteiger partial charge in [0.05, 0.1) is 0 Å². The van der Waals surface area contributed by atoms with Crippen molar-refractivity contribution in [3.05, 3.63) is 46.4 Å². The van der Waals surface area contributed by atoms with Gasteiger partial charge >= 0.3 is 0 Å². The first kappa shape index (κ1) is 15.0. The van der Waals surface area contributed by atoms with Crippen LogP contribution in [0, 0.1) is 0 Å². The van der Waals surface area contributed by atoms with Crippen LogP contribution < -0.4 is 5.32 Å². The number of benzene rings is 2. The zero-order valence-corrected chi connectivity index (χ0v) is 14.8. The fraction of sp³-hybridized carbons (Fsp3) is 0.353. The van der Waals surface area contributed by atoms with Crippen molar-refractivity contribution in [1.82, 2.24) is 5.32 Å². The van der Waals surface area contributed by atoms with Gasteiger partial charge in [-0.25, -0.2) is 0 Å². The first-order valence-electron chi connectivity index (χ1n) is 7.28. The van der Waals surface area contributed by atoms with Gasteiger partial charge in [-0.1, -0.05) is 56.8 Å². The van der Waals surface area contributed by atoms with Crippen molar-refractivity contribution in [2.75, 3.05) is 0 Å². The number of amides is 1. The quantitative estimate of drug-likeness (QED) is 0.690. The largest absolute Gasteiger partial charge is 0.348 e. The average molecular weight is 411 g/mol. The first-order valence-corrected chi connectivity index (χ1v) is 8.98. The summed E-state index contributed by atoms with van der Waals surface area (Å²) in [5, 5.41) is 5.39. The minimum Gasteiger partial charge on any atom is -0.348 e. The second kappa shape index (κ2) is 6.49. The lowest BCUT2D eigenvalue weighted by atomic mass is 9.95. The first-order chi connectivity index (χ1) is 10.1. The minimum atomic E-state index is 0.0242. The number of hydrogen-bond donors (Lipinski definition) is 1. The van der Waals surface area contributed by atoms with Crippen LogP contribution in [0.15, 0.2) is 40.9 Å². The van der Waals surface area contributed by atoms with E-state index in [1.807, 2.05) is 30.3 Å². The van der Waals surface area contributed by atoms with E-state index in [2.05, 4.69) is 43.2 Å². The van der Waals surface area contributed by atoms with Gasteiger partial charge in [-0.3, -0.25) is 4.79 Å². The van der Waals surface area contributed by atoms with Crippen LogP contribution in [0.2, 0.25) is 0 Å². The minimum absolute atomic E-state index is 0.0242. The third kappa shape index (κ3) is 3.49. The van der Waals surface area contributed by atoms with Crippen molar-refractivity contribution in [3.8, 4) is 0 Å². The molecule has 1 aliphatic rings. The molecule has 21 heavy (non-hydrogen) atoms. The molecule has 3 rings (SSSR count). The highest BCUT2D eigenvalue weighted by Gasteiger charge is 2.24. The van der Waals surface area contributed by atoms with E-state index in [0.717, 1.165) is 33.7 Å². The van der Waals surface area contributed by atoms with Crippen LogP contribution in [0.1, 0.15) is 36.0 Å². The molecule has 2 aromatic carbocycles.